The topological polar surface area (TPSA) is 78.8 Å². The van der Waals surface area contributed by atoms with Crippen LogP contribution >= 0.6 is 11.8 Å². The Bertz CT molecular complexity index is 467. The Morgan fingerprint density at radius 2 is 2.06 bits per heavy atom. The molecule has 82 valence electrons. The fourth-order valence-electron chi connectivity index (χ4n) is 1.26. The van der Waals surface area contributed by atoms with Gasteiger partial charge >= 0.3 is 5.97 Å². The van der Waals surface area contributed by atoms with E-state index in [0.29, 0.717) is 5.75 Å². The lowest BCUT2D eigenvalue weighted by Gasteiger charge is -2.11. The zero-order valence-corrected chi connectivity index (χ0v) is 8.95. The first-order chi connectivity index (χ1) is 7.66. The lowest BCUT2D eigenvalue weighted by Crippen LogP contribution is -2.23. The molecule has 0 saturated carbocycles. The fraction of sp³-hybridized carbons (Fsp3) is 0.100. The number of carboxylic acids is 1. The standard InChI is InChI=1S/C10H8N2O3S/c13-9(14)7-3-1-6(2-4-7)8-5-16-10(15)12-11-8/h1-4H,5H2,(H,12,15)(H,13,14). The highest BCUT2D eigenvalue weighted by molar-refractivity contribution is 8.14. The Morgan fingerprint density at radius 3 is 2.56 bits per heavy atom. The molecule has 1 aliphatic rings. The summed E-state index contributed by atoms with van der Waals surface area (Å²) in [6.07, 6.45) is 0. The van der Waals surface area contributed by atoms with Crippen LogP contribution in [0.15, 0.2) is 29.4 Å². The molecule has 1 amide bonds. The number of carboxylic acid groups (broad SMARTS) is 1. The molecule has 0 fully saturated rings. The number of aromatic carboxylic acids is 1. The number of carbonyl (C=O) groups is 2. The van der Waals surface area contributed by atoms with Crippen molar-refractivity contribution in [2.75, 3.05) is 5.75 Å². The van der Waals surface area contributed by atoms with Crippen LogP contribution in [0, 0.1) is 0 Å². The average molecular weight is 236 g/mol. The molecule has 0 saturated heterocycles. The van der Waals surface area contributed by atoms with E-state index in [-0.39, 0.29) is 10.8 Å². The third-order valence-corrected chi connectivity index (χ3v) is 2.86. The van der Waals surface area contributed by atoms with Crippen molar-refractivity contribution in [3.63, 3.8) is 0 Å². The minimum absolute atomic E-state index is 0.175. The molecule has 0 bridgehead atoms. The Balaban J connectivity index is 2.22. The van der Waals surface area contributed by atoms with Crippen LogP contribution in [0.4, 0.5) is 4.79 Å². The van der Waals surface area contributed by atoms with Gasteiger partial charge in [-0.05, 0) is 17.7 Å². The van der Waals surface area contributed by atoms with Crippen LogP contribution in [0.5, 0.6) is 0 Å². The van der Waals surface area contributed by atoms with E-state index in [4.69, 9.17) is 5.11 Å². The van der Waals surface area contributed by atoms with Gasteiger partial charge in [0.05, 0.1) is 11.3 Å². The van der Waals surface area contributed by atoms with E-state index in [1.807, 2.05) is 0 Å². The number of nitrogens with one attached hydrogen (secondary N) is 1. The molecular weight excluding hydrogens is 228 g/mol. The summed E-state index contributed by atoms with van der Waals surface area (Å²) in [5.74, 6) is -0.460. The Kier molecular flexibility index (Phi) is 2.91. The van der Waals surface area contributed by atoms with Crippen LogP contribution in [0.3, 0.4) is 0 Å². The van der Waals surface area contributed by atoms with E-state index in [9.17, 15) is 9.59 Å². The lowest BCUT2D eigenvalue weighted by atomic mass is 10.1. The van der Waals surface area contributed by atoms with Crippen molar-refractivity contribution in [2.45, 2.75) is 0 Å². The monoisotopic (exact) mass is 236 g/mol. The molecule has 0 unspecified atom stereocenters. The molecular formula is C10H8N2O3S. The van der Waals surface area contributed by atoms with Gasteiger partial charge in [-0.25, -0.2) is 10.2 Å². The quantitative estimate of drug-likeness (QED) is 0.816. The van der Waals surface area contributed by atoms with E-state index < -0.39 is 5.97 Å². The molecule has 5 nitrogen and oxygen atoms in total. The van der Waals surface area contributed by atoms with E-state index in [0.717, 1.165) is 23.0 Å². The lowest BCUT2D eigenvalue weighted by molar-refractivity contribution is 0.0697. The van der Waals surface area contributed by atoms with Crippen molar-refractivity contribution >= 4 is 28.7 Å². The summed E-state index contributed by atoms with van der Waals surface area (Å²) >= 11 is 1.13. The summed E-state index contributed by atoms with van der Waals surface area (Å²) in [6.45, 7) is 0. The van der Waals surface area contributed by atoms with Crippen LogP contribution in [0.2, 0.25) is 0 Å². The minimum atomic E-state index is -0.959. The molecule has 1 aromatic rings. The van der Waals surface area contributed by atoms with Gasteiger partial charge < -0.3 is 5.11 Å². The van der Waals surface area contributed by atoms with Crippen molar-refractivity contribution in [3.05, 3.63) is 35.4 Å². The van der Waals surface area contributed by atoms with Gasteiger partial charge in [-0.15, -0.1) is 0 Å². The normalized spacial score (nSPS) is 15.2. The SMILES string of the molecule is O=C1NN=C(c2ccc(C(=O)O)cc2)CS1. The van der Waals surface area contributed by atoms with Crippen molar-refractivity contribution in [1.82, 2.24) is 5.43 Å². The number of benzene rings is 1. The molecule has 2 rings (SSSR count). The van der Waals surface area contributed by atoms with E-state index in [1.165, 1.54) is 12.1 Å². The van der Waals surface area contributed by atoms with Crippen LogP contribution < -0.4 is 5.43 Å². The maximum atomic E-state index is 10.9. The number of rotatable bonds is 2. The van der Waals surface area contributed by atoms with Crippen LogP contribution in [-0.2, 0) is 0 Å². The summed E-state index contributed by atoms with van der Waals surface area (Å²) in [5.41, 5.74) is 4.15. The largest absolute Gasteiger partial charge is 0.478 e. The Hall–Kier alpha value is -1.82. The molecule has 0 spiro atoms. The predicted molar refractivity (Wildman–Crippen MR) is 60.9 cm³/mol. The van der Waals surface area contributed by atoms with Gasteiger partial charge in [0, 0.05) is 5.75 Å². The van der Waals surface area contributed by atoms with Gasteiger partial charge in [0.15, 0.2) is 0 Å². The van der Waals surface area contributed by atoms with Crippen molar-refractivity contribution in [2.24, 2.45) is 5.10 Å². The van der Waals surface area contributed by atoms with E-state index in [2.05, 4.69) is 10.5 Å². The summed E-state index contributed by atoms with van der Waals surface area (Å²) in [5, 5.41) is 12.5. The van der Waals surface area contributed by atoms with Crippen molar-refractivity contribution in [1.29, 1.82) is 0 Å². The van der Waals surface area contributed by atoms with Gasteiger partial charge in [0.2, 0.25) is 0 Å². The second-order valence-electron chi connectivity index (χ2n) is 3.13. The molecule has 1 aromatic carbocycles. The first-order valence-electron chi connectivity index (χ1n) is 4.50. The number of thioether (sulfide) groups is 1. The van der Waals surface area contributed by atoms with Crippen LogP contribution in [-0.4, -0.2) is 27.8 Å². The van der Waals surface area contributed by atoms with E-state index >= 15 is 0 Å². The zero-order chi connectivity index (χ0) is 11.5. The minimum Gasteiger partial charge on any atom is -0.478 e. The van der Waals surface area contributed by atoms with Crippen molar-refractivity contribution < 1.29 is 14.7 Å². The third kappa shape index (κ3) is 2.22. The van der Waals surface area contributed by atoms with Crippen LogP contribution in [0.25, 0.3) is 0 Å². The third-order valence-electron chi connectivity index (χ3n) is 2.09. The van der Waals surface area contributed by atoms with Crippen LogP contribution in [0.1, 0.15) is 15.9 Å². The second kappa shape index (κ2) is 4.36. The molecule has 16 heavy (non-hydrogen) atoms. The number of hydrogen-bond acceptors (Lipinski definition) is 4. The van der Waals surface area contributed by atoms with Gasteiger partial charge in [-0.3, -0.25) is 4.79 Å². The molecule has 0 atom stereocenters. The number of nitrogens with zero attached hydrogens (tertiary/aromatic N) is 1. The fourth-order valence-corrected chi connectivity index (χ4v) is 1.87. The average Bonchev–Trinajstić information content (AvgIpc) is 2.30. The smallest absolute Gasteiger partial charge is 0.335 e. The Labute approximate surface area is 95.5 Å². The van der Waals surface area contributed by atoms with Gasteiger partial charge in [-0.2, -0.15) is 5.10 Å². The molecule has 1 heterocycles. The highest BCUT2D eigenvalue weighted by Gasteiger charge is 2.14. The summed E-state index contributed by atoms with van der Waals surface area (Å²) in [6, 6.07) is 6.39. The Morgan fingerprint density at radius 1 is 1.38 bits per heavy atom. The second-order valence-corrected chi connectivity index (χ2v) is 4.08. The summed E-state index contributed by atoms with van der Waals surface area (Å²) in [4.78, 5) is 21.5. The van der Waals surface area contributed by atoms with Gasteiger partial charge in [0.25, 0.3) is 5.24 Å². The summed E-state index contributed by atoms with van der Waals surface area (Å²) < 4.78 is 0. The zero-order valence-electron chi connectivity index (χ0n) is 8.14. The van der Waals surface area contributed by atoms with Crippen molar-refractivity contribution in [3.8, 4) is 0 Å². The number of hydrogen-bond donors (Lipinski definition) is 2. The van der Waals surface area contributed by atoms with Gasteiger partial charge in [0.1, 0.15) is 0 Å². The highest BCUT2D eigenvalue weighted by atomic mass is 32.2. The highest BCUT2D eigenvalue weighted by Crippen LogP contribution is 2.13. The molecule has 6 heteroatoms. The first kappa shape index (κ1) is 10.7. The number of amides is 1. The van der Waals surface area contributed by atoms with Gasteiger partial charge in [-0.1, -0.05) is 23.9 Å². The molecule has 0 aliphatic carbocycles. The maximum Gasteiger partial charge on any atom is 0.335 e. The molecule has 1 aliphatic heterocycles. The number of carbonyl (C=O) groups excluding carboxylic acids is 1. The maximum absolute atomic E-state index is 10.9. The summed E-state index contributed by atoms with van der Waals surface area (Å²) in [7, 11) is 0. The number of hydrazone groups is 1. The van der Waals surface area contributed by atoms with E-state index in [1.54, 1.807) is 12.1 Å². The first-order valence-corrected chi connectivity index (χ1v) is 5.48. The molecule has 0 radical (unpaired) electrons. The molecule has 0 aromatic heterocycles. The molecule has 2 N–H and O–H groups in total. The predicted octanol–water partition coefficient (Wildman–Crippen LogP) is 1.55.